The van der Waals surface area contributed by atoms with E-state index < -0.39 is 11.8 Å². The van der Waals surface area contributed by atoms with E-state index >= 15 is 0 Å². The molecule has 0 aliphatic heterocycles. The second-order valence-corrected chi connectivity index (χ2v) is 5.87. The van der Waals surface area contributed by atoms with Crippen LogP contribution in [0.4, 0.5) is 4.39 Å². The highest BCUT2D eigenvalue weighted by atomic mass is 19.1. The Balaban J connectivity index is 2.01. The zero-order valence-corrected chi connectivity index (χ0v) is 14.4. The monoisotopic (exact) mass is 367 g/mol. The van der Waals surface area contributed by atoms with Gasteiger partial charge in [-0.05, 0) is 36.4 Å². The van der Waals surface area contributed by atoms with Gasteiger partial charge in [-0.2, -0.15) is 5.10 Å². The van der Waals surface area contributed by atoms with Gasteiger partial charge in [0.15, 0.2) is 5.82 Å². The molecule has 0 aliphatic rings. The molecule has 4 rings (SSSR count). The van der Waals surface area contributed by atoms with Crippen LogP contribution in [0.2, 0.25) is 0 Å². The smallest absolute Gasteiger partial charge is 0.340 e. The quantitative estimate of drug-likeness (QED) is 0.591. The maximum Gasteiger partial charge on any atom is 0.340 e. The molecule has 0 saturated carbocycles. The first-order valence-electron chi connectivity index (χ1n) is 7.97. The maximum absolute atomic E-state index is 13.2. The third-order valence-electron chi connectivity index (χ3n) is 4.28. The maximum atomic E-state index is 13.2. The number of furan rings is 1. The number of hydrogen-bond acceptors (Lipinski definition) is 5. The minimum absolute atomic E-state index is 0.0144. The van der Waals surface area contributed by atoms with Crippen LogP contribution in [0, 0.1) is 5.82 Å². The minimum Gasteiger partial charge on any atom is -0.496 e. The van der Waals surface area contributed by atoms with Crippen molar-refractivity contribution in [3.63, 3.8) is 0 Å². The van der Waals surface area contributed by atoms with Crippen LogP contribution in [0.5, 0.6) is 5.75 Å². The van der Waals surface area contributed by atoms with Crippen LogP contribution in [0.15, 0.2) is 47.1 Å². The number of carbonyl (C=O) groups is 1. The molecule has 0 atom stereocenters. The Morgan fingerprint density at radius 1 is 1.26 bits per heavy atom. The number of hydrogen-bond donors (Lipinski definition) is 1. The molecule has 0 fully saturated rings. The van der Waals surface area contributed by atoms with Crippen molar-refractivity contribution in [3.8, 4) is 28.5 Å². The van der Waals surface area contributed by atoms with Crippen molar-refractivity contribution in [2.45, 2.75) is 0 Å². The number of aromatic nitrogens is 3. The normalized spacial score (nSPS) is 11.1. The molecule has 0 aliphatic carbocycles. The molecule has 0 spiro atoms. The zero-order valence-electron chi connectivity index (χ0n) is 14.4. The summed E-state index contributed by atoms with van der Waals surface area (Å²) in [6.07, 6.45) is 1.41. The van der Waals surface area contributed by atoms with E-state index in [0.29, 0.717) is 33.7 Å². The Labute approximate surface area is 152 Å². The Morgan fingerprint density at radius 3 is 2.59 bits per heavy atom. The molecule has 0 saturated heterocycles. The Bertz CT molecular complexity index is 1160. The molecule has 0 amide bonds. The van der Waals surface area contributed by atoms with Gasteiger partial charge in [-0.3, -0.25) is 0 Å². The number of carboxylic acid groups (broad SMARTS) is 1. The summed E-state index contributed by atoms with van der Waals surface area (Å²) in [5.41, 5.74) is 1.41. The summed E-state index contributed by atoms with van der Waals surface area (Å²) in [5.74, 6) is -0.438. The number of benzene rings is 2. The molecule has 0 unspecified atom stereocenters. The molecule has 2 aromatic heterocycles. The van der Waals surface area contributed by atoms with Crippen molar-refractivity contribution in [1.29, 1.82) is 0 Å². The molecular formula is C19H14FN3O4. The van der Waals surface area contributed by atoms with Gasteiger partial charge in [-0.15, -0.1) is 0 Å². The van der Waals surface area contributed by atoms with Gasteiger partial charge in [0.1, 0.15) is 34.8 Å². The van der Waals surface area contributed by atoms with Crippen molar-refractivity contribution < 1.29 is 23.4 Å². The first kappa shape index (κ1) is 16.8. The molecule has 0 bridgehead atoms. The molecule has 2 aromatic carbocycles. The van der Waals surface area contributed by atoms with E-state index in [1.165, 1.54) is 37.7 Å². The van der Waals surface area contributed by atoms with E-state index in [9.17, 15) is 14.3 Å². The number of methoxy groups -OCH3 is 1. The van der Waals surface area contributed by atoms with Crippen LogP contribution in [-0.4, -0.2) is 33.0 Å². The Kier molecular flexibility index (Phi) is 3.88. The second kappa shape index (κ2) is 6.24. The topological polar surface area (TPSA) is 90.4 Å². The summed E-state index contributed by atoms with van der Waals surface area (Å²) in [5, 5.41) is 14.2. The fraction of sp³-hybridized carbons (Fsp3) is 0.105. The number of nitrogens with zero attached hydrogens (tertiary/aromatic N) is 3. The van der Waals surface area contributed by atoms with E-state index in [2.05, 4.69) is 10.1 Å². The molecule has 27 heavy (non-hydrogen) atoms. The number of fused-ring (bicyclic) bond motifs is 1. The number of ether oxygens (including phenoxy) is 1. The molecule has 4 aromatic rings. The van der Waals surface area contributed by atoms with Gasteiger partial charge in [0.2, 0.25) is 0 Å². The summed E-state index contributed by atoms with van der Waals surface area (Å²) in [6, 6.07) is 8.71. The number of aromatic carboxylic acids is 1. The summed E-state index contributed by atoms with van der Waals surface area (Å²) in [6.45, 7) is 0. The molecule has 1 N–H and O–H groups in total. The summed E-state index contributed by atoms with van der Waals surface area (Å²) >= 11 is 0. The number of aryl methyl sites for hydroxylation is 1. The average Bonchev–Trinajstić information content (AvgIpc) is 3.24. The fourth-order valence-corrected chi connectivity index (χ4v) is 3.02. The van der Waals surface area contributed by atoms with E-state index in [1.807, 2.05) is 0 Å². The largest absolute Gasteiger partial charge is 0.496 e. The lowest BCUT2D eigenvalue weighted by Crippen LogP contribution is -1.99. The summed E-state index contributed by atoms with van der Waals surface area (Å²) in [7, 11) is 3.23. The van der Waals surface area contributed by atoms with Gasteiger partial charge in [-0.1, -0.05) is 0 Å². The standard InChI is InChI=1S/C19H14FN3O4/c1-23-18(21-9-22-23)13-8-15-12(7-14(13)26-2)16(19(24)25)17(27-15)10-3-5-11(20)6-4-10/h3-9H,1-2H3,(H,24,25). The highest BCUT2D eigenvalue weighted by molar-refractivity contribution is 6.09. The van der Waals surface area contributed by atoms with E-state index in [-0.39, 0.29) is 11.3 Å². The predicted molar refractivity (Wildman–Crippen MR) is 95.1 cm³/mol. The van der Waals surface area contributed by atoms with Crippen LogP contribution in [0.3, 0.4) is 0 Å². The van der Waals surface area contributed by atoms with Crippen molar-refractivity contribution in [2.24, 2.45) is 7.05 Å². The summed E-state index contributed by atoms with van der Waals surface area (Å²) < 4.78 is 26.1. The van der Waals surface area contributed by atoms with Gasteiger partial charge >= 0.3 is 5.97 Å². The predicted octanol–water partition coefficient (Wildman–Crippen LogP) is 3.74. The van der Waals surface area contributed by atoms with Crippen molar-refractivity contribution in [3.05, 3.63) is 54.1 Å². The van der Waals surface area contributed by atoms with Crippen LogP contribution in [0.1, 0.15) is 10.4 Å². The van der Waals surface area contributed by atoms with Crippen molar-refractivity contribution in [1.82, 2.24) is 14.8 Å². The second-order valence-electron chi connectivity index (χ2n) is 5.87. The van der Waals surface area contributed by atoms with Crippen molar-refractivity contribution in [2.75, 3.05) is 7.11 Å². The SMILES string of the molecule is COc1cc2c(C(=O)O)c(-c3ccc(F)cc3)oc2cc1-c1ncnn1C. The number of carboxylic acids is 1. The minimum atomic E-state index is -1.15. The van der Waals surface area contributed by atoms with Crippen molar-refractivity contribution >= 4 is 16.9 Å². The van der Waals surface area contributed by atoms with Gasteiger partial charge in [0.05, 0.1) is 12.7 Å². The van der Waals surface area contributed by atoms with E-state index in [4.69, 9.17) is 9.15 Å². The third-order valence-corrected chi connectivity index (χ3v) is 4.28. The fourth-order valence-electron chi connectivity index (χ4n) is 3.02. The van der Waals surface area contributed by atoms with Gasteiger partial charge < -0.3 is 14.3 Å². The molecule has 2 heterocycles. The lowest BCUT2D eigenvalue weighted by Gasteiger charge is -2.07. The van der Waals surface area contributed by atoms with Gasteiger partial charge in [0, 0.05) is 18.0 Å². The highest BCUT2D eigenvalue weighted by Gasteiger charge is 2.24. The third kappa shape index (κ3) is 2.71. The Morgan fingerprint density at radius 2 is 2.00 bits per heavy atom. The van der Waals surface area contributed by atoms with E-state index in [0.717, 1.165) is 0 Å². The summed E-state index contributed by atoms with van der Waals surface area (Å²) in [4.78, 5) is 16.1. The Hall–Kier alpha value is -3.68. The molecule has 8 heteroatoms. The molecule has 0 radical (unpaired) electrons. The highest BCUT2D eigenvalue weighted by Crippen LogP contribution is 2.39. The zero-order chi connectivity index (χ0) is 19.1. The first-order valence-corrected chi connectivity index (χ1v) is 7.97. The van der Waals surface area contributed by atoms with Gasteiger partial charge in [0.25, 0.3) is 0 Å². The van der Waals surface area contributed by atoms with Gasteiger partial charge in [-0.25, -0.2) is 18.9 Å². The van der Waals surface area contributed by atoms with Crippen LogP contribution < -0.4 is 4.74 Å². The average molecular weight is 367 g/mol. The molecular weight excluding hydrogens is 353 g/mol. The number of rotatable bonds is 4. The lowest BCUT2D eigenvalue weighted by molar-refractivity contribution is 0.0699. The van der Waals surface area contributed by atoms with E-state index in [1.54, 1.807) is 23.9 Å². The number of halogens is 1. The molecule has 136 valence electrons. The van der Waals surface area contributed by atoms with Crippen LogP contribution in [-0.2, 0) is 7.05 Å². The van der Waals surface area contributed by atoms with Crippen LogP contribution in [0.25, 0.3) is 33.7 Å². The first-order chi connectivity index (χ1) is 13.0. The lowest BCUT2D eigenvalue weighted by atomic mass is 10.0. The van der Waals surface area contributed by atoms with Crippen LogP contribution >= 0.6 is 0 Å². The molecule has 7 nitrogen and oxygen atoms in total.